The Balaban J connectivity index is 1.35. The fraction of sp³-hybridized carbons (Fsp3) is 0.364. The number of hydrogen-bond donors (Lipinski definition) is 1. The van der Waals surface area contributed by atoms with E-state index in [0.29, 0.717) is 22.7 Å². The van der Waals surface area contributed by atoms with Gasteiger partial charge < -0.3 is 14.8 Å². The monoisotopic (exact) mass is 524 g/mol. The molecule has 1 fully saturated rings. The Kier molecular flexibility index (Phi) is 7.54. The number of anilines is 2. The minimum absolute atomic E-state index is 0.141. The maximum atomic E-state index is 14.0. The van der Waals surface area contributed by atoms with Crippen LogP contribution in [-0.2, 0) is 6.61 Å². The number of benzene rings is 1. The Bertz CT molecular complexity index is 1050. The summed E-state index contributed by atoms with van der Waals surface area (Å²) in [5, 5.41) is 4.02. The second-order valence-corrected chi connectivity index (χ2v) is 9.20. The predicted octanol–water partition coefficient (Wildman–Crippen LogP) is 5.68. The molecule has 1 aliphatic rings. The van der Waals surface area contributed by atoms with Gasteiger partial charge in [-0.15, -0.1) is 0 Å². The third-order valence-corrected chi connectivity index (χ3v) is 6.49. The first-order valence-electron chi connectivity index (χ1n) is 10.3. The van der Waals surface area contributed by atoms with Crippen LogP contribution < -0.4 is 14.8 Å². The van der Waals surface area contributed by atoms with Crippen molar-refractivity contribution in [2.45, 2.75) is 26.4 Å². The molecular formula is C22H23BrF2N4O2S. The van der Waals surface area contributed by atoms with Crippen molar-refractivity contribution in [2.75, 3.05) is 31.6 Å². The van der Waals surface area contributed by atoms with Gasteiger partial charge in [-0.1, -0.05) is 15.9 Å². The van der Waals surface area contributed by atoms with E-state index in [1.165, 1.54) is 36.5 Å². The highest BCUT2D eigenvalue weighted by Gasteiger charge is 2.16. The van der Waals surface area contributed by atoms with Crippen LogP contribution >= 0.6 is 27.5 Å². The molecule has 0 unspecified atom stereocenters. The minimum Gasteiger partial charge on any atom is -0.491 e. The SMILES string of the molecule is Cc1c(OCc2c(F)cc(Br)cc2F)nsc1Nc1cncc(OCCN2CCCC2)c1. The number of pyridine rings is 1. The zero-order valence-corrected chi connectivity index (χ0v) is 19.9. The summed E-state index contributed by atoms with van der Waals surface area (Å²) in [5.41, 5.74) is 1.36. The third-order valence-electron chi connectivity index (χ3n) is 5.19. The number of ether oxygens (including phenoxy) is 2. The highest BCUT2D eigenvalue weighted by atomic mass is 79.9. The largest absolute Gasteiger partial charge is 0.491 e. The number of likely N-dealkylation sites (tertiary alicyclic amines) is 1. The average Bonchev–Trinajstić information content (AvgIpc) is 3.39. The van der Waals surface area contributed by atoms with E-state index in [9.17, 15) is 8.78 Å². The molecule has 0 spiro atoms. The van der Waals surface area contributed by atoms with Gasteiger partial charge in [-0.25, -0.2) is 8.78 Å². The van der Waals surface area contributed by atoms with Gasteiger partial charge in [-0.05, 0) is 56.5 Å². The Morgan fingerprint density at radius 2 is 1.88 bits per heavy atom. The predicted molar refractivity (Wildman–Crippen MR) is 124 cm³/mol. The number of nitrogens with one attached hydrogen (secondary N) is 1. The van der Waals surface area contributed by atoms with E-state index in [-0.39, 0.29) is 12.2 Å². The van der Waals surface area contributed by atoms with Crippen molar-refractivity contribution in [3.63, 3.8) is 0 Å². The number of halogens is 3. The molecule has 3 aromatic rings. The van der Waals surface area contributed by atoms with E-state index < -0.39 is 11.6 Å². The van der Waals surface area contributed by atoms with Crippen molar-refractivity contribution in [3.05, 3.63) is 57.8 Å². The van der Waals surface area contributed by atoms with E-state index in [2.05, 4.69) is 35.5 Å². The summed E-state index contributed by atoms with van der Waals surface area (Å²) in [6.45, 7) is 5.38. The lowest BCUT2D eigenvalue weighted by Gasteiger charge is -2.15. The molecule has 1 aliphatic heterocycles. The summed E-state index contributed by atoms with van der Waals surface area (Å²) in [7, 11) is 0. The van der Waals surface area contributed by atoms with Gasteiger partial charge in [0.1, 0.15) is 35.6 Å². The Morgan fingerprint density at radius 1 is 1.12 bits per heavy atom. The van der Waals surface area contributed by atoms with Gasteiger partial charge in [0, 0.05) is 22.6 Å². The molecule has 2 aromatic heterocycles. The molecule has 3 heterocycles. The van der Waals surface area contributed by atoms with Gasteiger partial charge >= 0.3 is 0 Å². The van der Waals surface area contributed by atoms with Gasteiger partial charge in [-0.3, -0.25) is 9.88 Å². The Morgan fingerprint density at radius 3 is 2.62 bits per heavy atom. The second kappa shape index (κ2) is 10.5. The second-order valence-electron chi connectivity index (χ2n) is 7.51. The van der Waals surface area contributed by atoms with Crippen LogP contribution in [0.2, 0.25) is 0 Å². The smallest absolute Gasteiger partial charge is 0.230 e. The van der Waals surface area contributed by atoms with Crippen LogP contribution in [0.4, 0.5) is 19.5 Å². The molecule has 0 radical (unpaired) electrons. The van der Waals surface area contributed by atoms with Crippen molar-refractivity contribution in [2.24, 2.45) is 0 Å². The molecule has 170 valence electrons. The van der Waals surface area contributed by atoms with E-state index >= 15 is 0 Å². The van der Waals surface area contributed by atoms with Crippen LogP contribution in [-0.4, -0.2) is 40.5 Å². The summed E-state index contributed by atoms with van der Waals surface area (Å²) < 4.78 is 44.1. The van der Waals surface area contributed by atoms with Gasteiger partial charge in [0.2, 0.25) is 5.88 Å². The first-order valence-corrected chi connectivity index (χ1v) is 11.9. The lowest BCUT2D eigenvalue weighted by atomic mass is 10.2. The average molecular weight is 525 g/mol. The third kappa shape index (κ3) is 5.73. The molecule has 0 aliphatic carbocycles. The standard InChI is InChI=1S/C22H23BrF2N4O2S/c1-14-21(31-13-18-19(24)8-15(23)9-20(18)25)28-32-22(14)27-16-10-17(12-26-11-16)30-7-6-29-4-2-3-5-29/h8-12,27H,2-7,13H2,1H3. The first-order chi connectivity index (χ1) is 15.5. The molecule has 0 atom stereocenters. The molecule has 0 saturated carbocycles. The Hall–Kier alpha value is -2.30. The summed E-state index contributed by atoms with van der Waals surface area (Å²) in [4.78, 5) is 6.63. The number of rotatable bonds is 9. The van der Waals surface area contributed by atoms with Gasteiger partial charge in [0.15, 0.2) is 0 Å². The molecule has 0 amide bonds. The molecular weight excluding hydrogens is 502 g/mol. The van der Waals surface area contributed by atoms with Crippen LogP contribution in [0.1, 0.15) is 24.0 Å². The van der Waals surface area contributed by atoms with E-state index in [1.807, 2.05) is 13.0 Å². The van der Waals surface area contributed by atoms with Crippen molar-refractivity contribution < 1.29 is 18.3 Å². The van der Waals surface area contributed by atoms with Crippen molar-refractivity contribution >= 4 is 38.2 Å². The number of hydrogen-bond acceptors (Lipinski definition) is 7. The topological polar surface area (TPSA) is 59.5 Å². The molecule has 1 N–H and O–H groups in total. The van der Waals surface area contributed by atoms with Crippen LogP contribution in [0.25, 0.3) is 0 Å². The summed E-state index contributed by atoms with van der Waals surface area (Å²) >= 11 is 4.27. The minimum atomic E-state index is -0.671. The van der Waals surface area contributed by atoms with Crippen molar-refractivity contribution in [1.29, 1.82) is 0 Å². The fourth-order valence-electron chi connectivity index (χ4n) is 3.42. The van der Waals surface area contributed by atoms with Crippen LogP contribution in [0.5, 0.6) is 11.6 Å². The quantitative estimate of drug-likeness (QED) is 0.388. The number of aromatic nitrogens is 2. The van der Waals surface area contributed by atoms with Crippen LogP contribution in [0.15, 0.2) is 35.1 Å². The summed E-state index contributed by atoms with van der Waals surface area (Å²) in [6, 6.07) is 4.29. The lowest BCUT2D eigenvalue weighted by Crippen LogP contribution is -2.25. The van der Waals surface area contributed by atoms with E-state index in [1.54, 1.807) is 12.4 Å². The molecule has 32 heavy (non-hydrogen) atoms. The molecule has 10 heteroatoms. The lowest BCUT2D eigenvalue weighted by molar-refractivity contribution is 0.237. The number of nitrogens with zero attached hydrogens (tertiary/aromatic N) is 3. The van der Waals surface area contributed by atoms with Gasteiger partial charge in [-0.2, -0.15) is 4.37 Å². The highest BCUT2D eigenvalue weighted by Crippen LogP contribution is 2.33. The highest BCUT2D eigenvalue weighted by molar-refractivity contribution is 9.10. The summed E-state index contributed by atoms with van der Waals surface area (Å²) in [5.74, 6) is -0.328. The maximum Gasteiger partial charge on any atom is 0.230 e. The zero-order valence-electron chi connectivity index (χ0n) is 17.5. The van der Waals surface area contributed by atoms with Gasteiger partial charge in [0.25, 0.3) is 0 Å². The molecule has 1 aromatic carbocycles. The molecule has 4 rings (SSSR count). The van der Waals surface area contributed by atoms with Crippen molar-refractivity contribution in [1.82, 2.24) is 14.3 Å². The van der Waals surface area contributed by atoms with Crippen LogP contribution in [0.3, 0.4) is 0 Å². The Labute approximate surface area is 197 Å². The van der Waals surface area contributed by atoms with E-state index in [0.717, 1.165) is 35.9 Å². The molecule has 1 saturated heterocycles. The maximum absolute atomic E-state index is 14.0. The molecule has 0 bridgehead atoms. The van der Waals surface area contributed by atoms with Gasteiger partial charge in [0.05, 0.1) is 23.6 Å². The summed E-state index contributed by atoms with van der Waals surface area (Å²) in [6.07, 6.45) is 5.89. The van der Waals surface area contributed by atoms with E-state index in [4.69, 9.17) is 9.47 Å². The molecule has 6 nitrogen and oxygen atoms in total. The van der Waals surface area contributed by atoms with Crippen LogP contribution in [0, 0.1) is 18.6 Å². The van der Waals surface area contributed by atoms with Crippen molar-refractivity contribution in [3.8, 4) is 11.6 Å². The normalized spacial score (nSPS) is 14.0. The fourth-order valence-corrected chi connectivity index (χ4v) is 4.57. The zero-order chi connectivity index (χ0) is 22.5. The first kappa shape index (κ1) is 22.9.